The molecular weight excluding hydrogens is 330 g/mol. The van der Waals surface area contributed by atoms with Crippen molar-refractivity contribution in [2.75, 3.05) is 13.1 Å². The van der Waals surface area contributed by atoms with E-state index in [9.17, 15) is 13.6 Å². The van der Waals surface area contributed by atoms with Crippen molar-refractivity contribution in [3.8, 4) is 0 Å². The quantitative estimate of drug-likeness (QED) is 0.894. The van der Waals surface area contributed by atoms with E-state index in [2.05, 4.69) is 24.1 Å². The highest BCUT2D eigenvalue weighted by atomic mass is 32.1. The molecular formula is C18H20F2N2OS. The zero-order valence-corrected chi connectivity index (χ0v) is 14.6. The average molecular weight is 350 g/mol. The topological polar surface area (TPSA) is 32.3 Å². The molecule has 0 saturated carbocycles. The van der Waals surface area contributed by atoms with Gasteiger partial charge in [0.05, 0.1) is 9.58 Å². The number of rotatable bonds is 2. The molecule has 6 heteroatoms. The second-order valence-electron chi connectivity index (χ2n) is 7.32. The maximum atomic E-state index is 13.9. The molecule has 2 bridgehead atoms. The Morgan fingerprint density at radius 1 is 1.29 bits per heavy atom. The molecule has 128 valence electrons. The van der Waals surface area contributed by atoms with Gasteiger partial charge < -0.3 is 5.32 Å². The Morgan fingerprint density at radius 2 is 2.00 bits per heavy atom. The van der Waals surface area contributed by atoms with Gasteiger partial charge in [0, 0.05) is 11.6 Å². The van der Waals surface area contributed by atoms with Gasteiger partial charge in [-0.2, -0.15) is 0 Å². The van der Waals surface area contributed by atoms with Gasteiger partial charge in [-0.3, -0.25) is 9.69 Å². The van der Waals surface area contributed by atoms with Crippen molar-refractivity contribution in [2.45, 2.75) is 38.3 Å². The third-order valence-corrected chi connectivity index (χ3v) is 6.82. The zero-order chi connectivity index (χ0) is 17.1. The van der Waals surface area contributed by atoms with Gasteiger partial charge >= 0.3 is 0 Å². The van der Waals surface area contributed by atoms with Crippen LogP contribution in [0.15, 0.2) is 18.2 Å². The summed E-state index contributed by atoms with van der Waals surface area (Å²) in [7, 11) is 0. The summed E-state index contributed by atoms with van der Waals surface area (Å²) < 4.78 is 27.4. The minimum Gasteiger partial charge on any atom is -0.346 e. The van der Waals surface area contributed by atoms with Crippen LogP contribution in [0.2, 0.25) is 0 Å². The highest BCUT2D eigenvalue weighted by molar-refractivity contribution is 7.20. The number of hydrogen-bond acceptors (Lipinski definition) is 3. The summed E-state index contributed by atoms with van der Waals surface area (Å²) in [5.74, 6) is -1.46. The molecule has 24 heavy (non-hydrogen) atoms. The number of hydrogen-bond donors (Lipinski definition) is 1. The van der Waals surface area contributed by atoms with Crippen LogP contribution in [0, 0.1) is 17.6 Å². The van der Waals surface area contributed by atoms with E-state index in [0.29, 0.717) is 16.2 Å². The molecule has 3 aliphatic rings. The number of benzene rings is 1. The number of nitrogens with one attached hydrogen (secondary N) is 1. The smallest absolute Gasteiger partial charge is 0.261 e. The van der Waals surface area contributed by atoms with E-state index in [4.69, 9.17) is 0 Å². The van der Waals surface area contributed by atoms with E-state index in [1.165, 1.54) is 6.07 Å². The minimum atomic E-state index is -0.880. The molecule has 3 nitrogen and oxygen atoms in total. The molecule has 0 unspecified atom stereocenters. The molecule has 3 saturated heterocycles. The summed E-state index contributed by atoms with van der Waals surface area (Å²) in [6.45, 7) is 6.50. The Bertz CT molecular complexity index is 809. The van der Waals surface area contributed by atoms with Crippen molar-refractivity contribution >= 4 is 27.3 Å². The Labute approximate surface area is 143 Å². The Kier molecular flexibility index (Phi) is 3.65. The second kappa shape index (κ2) is 5.49. The minimum absolute atomic E-state index is 0.0785. The van der Waals surface area contributed by atoms with Crippen molar-refractivity contribution < 1.29 is 13.6 Å². The number of nitrogens with zero attached hydrogens (tertiary/aromatic N) is 1. The first kappa shape index (κ1) is 16.0. The number of amides is 1. The molecule has 0 spiro atoms. The summed E-state index contributed by atoms with van der Waals surface area (Å²) in [6, 6.07) is 4.34. The number of carbonyl (C=O) groups is 1. The van der Waals surface area contributed by atoms with Gasteiger partial charge in [-0.1, -0.05) is 6.07 Å². The van der Waals surface area contributed by atoms with Crippen LogP contribution in [-0.4, -0.2) is 35.5 Å². The van der Waals surface area contributed by atoms with Crippen LogP contribution < -0.4 is 5.32 Å². The second-order valence-corrected chi connectivity index (χ2v) is 8.37. The van der Waals surface area contributed by atoms with Crippen LogP contribution in [0.25, 0.3) is 10.1 Å². The molecule has 1 N–H and O–H groups in total. The van der Waals surface area contributed by atoms with Crippen LogP contribution in [0.3, 0.4) is 0 Å². The monoisotopic (exact) mass is 350 g/mol. The molecule has 3 aliphatic heterocycles. The lowest BCUT2D eigenvalue weighted by Gasteiger charge is -2.56. The first-order valence-electron chi connectivity index (χ1n) is 8.31. The number of fused-ring (bicyclic) bond motifs is 4. The van der Waals surface area contributed by atoms with Crippen LogP contribution >= 0.6 is 11.3 Å². The standard InChI is InChI=1S/C18H20F2N2OS/c1-18(2)16(10-5-7-22(18)8-6-10)21-17(23)13-9-11-3-4-12(19)14(20)15(11)24-13/h3-4,9-10,16H,5-8H2,1-2H3,(H,21,23)/t16-/m0/s1. The van der Waals surface area contributed by atoms with Gasteiger partial charge in [-0.25, -0.2) is 8.78 Å². The van der Waals surface area contributed by atoms with Crippen molar-refractivity contribution in [1.82, 2.24) is 10.2 Å². The zero-order valence-electron chi connectivity index (χ0n) is 13.7. The van der Waals surface area contributed by atoms with Gasteiger partial charge in [0.25, 0.3) is 5.91 Å². The molecule has 4 heterocycles. The lowest BCUT2D eigenvalue weighted by molar-refractivity contribution is -0.0377. The molecule has 0 aliphatic carbocycles. The van der Waals surface area contributed by atoms with E-state index < -0.39 is 11.6 Å². The SMILES string of the molecule is CC1(C)[C@@H](NC(=O)c2cc3ccc(F)c(F)c3s2)C2CCN1CC2. The normalized spacial score (nSPS) is 28.2. The third kappa shape index (κ3) is 2.35. The van der Waals surface area contributed by atoms with Crippen LogP contribution in [-0.2, 0) is 0 Å². The molecule has 2 aromatic rings. The molecule has 1 amide bonds. The predicted octanol–water partition coefficient (Wildman–Crippen LogP) is 3.78. The average Bonchev–Trinajstić information content (AvgIpc) is 3.00. The number of thiophene rings is 1. The van der Waals surface area contributed by atoms with Crippen LogP contribution in [0.4, 0.5) is 8.78 Å². The van der Waals surface area contributed by atoms with E-state index in [-0.39, 0.29) is 22.2 Å². The van der Waals surface area contributed by atoms with Gasteiger partial charge in [0.1, 0.15) is 0 Å². The Balaban J connectivity index is 1.61. The highest BCUT2D eigenvalue weighted by Gasteiger charge is 2.48. The van der Waals surface area contributed by atoms with E-state index >= 15 is 0 Å². The first-order chi connectivity index (χ1) is 11.4. The number of carbonyl (C=O) groups excluding carboxylic acids is 1. The fraction of sp³-hybridized carbons (Fsp3) is 0.500. The van der Waals surface area contributed by atoms with Crippen molar-refractivity contribution in [2.24, 2.45) is 5.92 Å². The summed E-state index contributed by atoms with van der Waals surface area (Å²) in [6.07, 6.45) is 2.20. The summed E-state index contributed by atoms with van der Waals surface area (Å²) in [5, 5.41) is 3.73. The van der Waals surface area contributed by atoms with E-state index in [0.717, 1.165) is 43.3 Å². The van der Waals surface area contributed by atoms with Gasteiger partial charge in [0.15, 0.2) is 11.6 Å². The molecule has 1 atom stereocenters. The summed E-state index contributed by atoms with van der Waals surface area (Å²) in [5.41, 5.74) is -0.0785. The summed E-state index contributed by atoms with van der Waals surface area (Å²) >= 11 is 1.01. The Morgan fingerprint density at radius 3 is 2.67 bits per heavy atom. The molecule has 3 fully saturated rings. The highest BCUT2D eigenvalue weighted by Crippen LogP contribution is 2.39. The first-order valence-corrected chi connectivity index (χ1v) is 9.13. The lowest BCUT2D eigenvalue weighted by atomic mass is 9.72. The maximum Gasteiger partial charge on any atom is 0.261 e. The van der Waals surface area contributed by atoms with Crippen LogP contribution in [0.5, 0.6) is 0 Å². The molecule has 1 aromatic carbocycles. The molecule has 5 rings (SSSR count). The fourth-order valence-electron chi connectivity index (χ4n) is 4.25. The Hall–Kier alpha value is -1.53. The van der Waals surface area contributed by atoms with Gasteiger partial charge in [0.2, 0.25) is 0 Å². The number of piperidine rings is 3. The van der Waals surface area contributed by atoms with E-state index in [1.807, 2.05) is 0 Å². The number of halogens is 2. The van der Waals surface area contributed by atoms with Crippen molar-refractivity contribution in [3.63, 3.8) is 0 Å². The summed E-state index contributed by atoms with van der Waals surface area (Å²) in [4.78, 5) is 15.6. The van der Waals surface area contributed by atoms with E-state index in [1.54, 1.807) is 6.07 Å². The largest absolute Gasteiger partial charge is 0.346 e. The van der Waals surface area contributed by atoms with Gasteiger partial charge in [-0.05, 0) is 63.2 Å². The van der Waals surface area contributed by atoms with Crippen molar-refractivity contribution in [3.05, 3.63) is 34.7 Å². The maximum absolute atomic E-state index is 13.9. The predicted molar refractivity (Wildman–Crippen MR) is 91.4 cm³/mol. The van der Waals surface area contributed by atoms with Crippen molar-refractivity contribution in [1.29, 1.82) is 0 Å². The fourth-order valence-corrected chi connectivity index (χ4v) is 5.24. The third-order valence-electron chi connectivity index (χ3n) is 5.68. The van der Waals surface area contributed by atoms with Gasteiger partial charge in [-0.15, -0.1) is 11.3 Å². The lowest BCUT2D eigenvalue weighted by Crippen LogP contribution is -2.69. The van der Waals surface area contributed by atoms with Crippen LogP contribution in [0.1, 0.15) is 36.4 Å². The molecule has 1 aromatic heterocycles. The molecule has 0 radical (unpaired) electrons.